The number of benzene rings is 2. The molecule has 2 aromatic rings. The first-order valence-electron chi connectivity index (χ1n) is 6.07. The van der Waals surface area contributed by atoms with Crippen LogP contribution in [0.2, 0.25) is 10.0 Å². The molecule has 2 rings (SSSR count). The first-order valence-corrected chi connectivity index (χ1v) is 7.26. The fourth-order valence-corrected chi connectivity index (χ4v) is 3.56. The fraction of sp³-hybridized carbons (Fsp3) is 0.250. The molecular formula is C16H15Cl3. The van der Waals surface area contributed by atoms with E-state index in [0.717, 1.165) is 11.1 Å². The third kappa shape index (κ3) is 3.08. The van der Waals surface area contributed by atoms with E-state index >= 15 is 0 Å². The normalized spacial score (nSPS) is 12.5. The van der Waals surface area contributed by atoms with E-state index in [2.05, 4.69) is 32.9 Å². The molecule has 0 fully saturated rings. The van der Waals surface area contributed by atoms with Crippen molar-refractivity contribution in [2.24, 2.45) is 0 Å². The van der Waals surface area contributed by atoms with E-state index in [9.17, 15) is 0 Å². The summed E-state index contributed by atoms with van der Waals surface area (Å²) in [5.74, 6) is 0. The van der Waals surface area contributed by atoms with Crippen molar-refractivity contribution in [3.05, 3.63) is 68.2 Å². The molecule has 0 aliphatic rings. The standard InChI is InChI=1S/C16H15Cl3/c1-9-6-10(2)15(11(3)7-9)16(19)13-5-4-12(17)8-14(13)18/h4-8,16H,1-3H3. The lowest BCUT2D eigenvalue weighted by Gasteiger charge is -2.18. The van der Waals surface area contributed by atoms with Gasteiger partial charge in [0, 0.05) is 10.0 Å². The minimum absolute atomic E-state index is 0.259. The molecule has 0 heterocycles. The van der Waals surface area contributed by atoms with Crippen molar-refractivity contribution in [2.75, 3.05) is 0 Å². The van der Waals surface area contributed by atoms with Crippen LogP contribution in [0.3, 0.4) is 0 Å². The fourth-order valence-electron chi connectivity index (χ4n) is 2.45. The van der Waals surface area contributed by atoms with E-state index in [-0.39, 0.29) is 5.38 Å². The topological polar surface area (TPSA) is 0 Å². The molecule has 0 spiro atoms. The van der Waals surface area contributed by atoms with E-state index in [1.165, 1.54) is 16.7 Å². The zero-order valence-corrected chi connectivity index (χ0v) is 13.4. The van der Waals surface area contributed by atoms with Crippen molar-refractivity contribution in [1.29, 1.82) is 0 Å². The highest BCUT2D eigenvalue weighted by Gasteiger charge is 2.18. The molecule has 0 amide bonds. The second-order valence-corrected chi connectivity index (χ2v) is 6.12. The Morgan fingerprint density at radius 1 is 0.895 bits per heavy atom. The Kier molecular flexibility index (Phi) is 4.45. The number of hydrogen-bond acceptors (Lipinski definition) is 0. The van der Waals surface area contributed by atoms with Crippen LogP contribution < -0.4 is 0 Å². The minimum Gasteiger partial charge on any atom is -0.113 e. The molecule has 0 saturated carbocycles. The number of alkyl halides is 1. The smallest absolute Gasteiger partial charge is 0.0854 e. The molecule has 0 bridgehead atoms. The average Bonchev–Trinajstić information content (AvgIpc) is 2.26. The van der Waals surface area contributed by atoms with E-state index in [0.29, 0.717) is 10.0 Å². The lowest BCUT2D eigenvalue weighted by Crippen LogP contribution is -2.01. The number of aryl methyl sites for hydroxylation is 3. The van der Waals surface area contributed by atoms with E-state index in [4.69, 9.17) is 34.8 Å². The predicted molar refractivity (Wildman–Crippen MR) is 84.8 cm³/mol. The van der Waals surface area contributed by atoms with Gasteiger partial charge >= 0.3 is 0 Å². The molecule has 0 N–H and O–H groups in total. The van der Waals surface area contributed by atoms with E-state index < -0.39 is 0 Å². The van der Waals surface area contributed by atoms with Crippen molar-refractivity contribution >= 4 is 34.8 Å². The molecule has 19 heavy (non-hydrogen) atoms. The van der Waals surface area contributed by atoms with Gasteiger partial charge in [0.05, 0.1) is 5.38 Å². The molecule has 0 saturated heterocycles. The molecule has 1 unspecified atom stereocenters. The average molecular weight is 314 g/mol. The first-order chi connectivity index (χ1) is 8.90. The van der Waals surface area contributed by atoms with Gasteiger partial charge in [-0.3, -0.25) is 0 Å². The maximum absolute atomic E-state index is 6.62. The van der Waals surface area contributed by atoms with Crippen molar-refractivity contribution in [3.63, 3.8) is 0 Å². The van der Waals surface area contributed by atoms with E-state index in [1.807, 2.05) is 12.1 Å². The highest BCUT2D eigenvalue weighted by Crippen LogP contribution is 2.38. The molecule has 0 aromatic heterocycles. The molecule has 1 atom stereocenters. The van der Waals surface area contributed by atoms with Crippen LogP contribution in [0.5, 0.6) is 0 Å². The van der Waals surface area contributed by atoms with Gasteiger partial charge in [0.15, 0.2) is 0 Å². The zero-order chi connectivity index (χ0) is 14.2. The van der Waals surface area contributed by atoms with Crippen LogP contribution in [0.25, 0.3) is 0 Å². The third-order valence-corrected chi connectivity index (χ3v) is 4.24. The van der Waals surface area contributed by atoms with Crippen molar-refractivity contribution in [1.82, 2.24) is 0 Å². The summed E-state index contributed by atoms with van der Waals surface area (Å²) >= 11 is 18.8. The molecular weight excluding hydrogens is 299 g/mol. The second-order valence-electron chi connectivity index (χ2n) is 4.84. The highest BCUT2D eigenvalue weighted by atomic mass is 35.5. The Morgan fingerprint density at radius 3 is 2.00 bits per heavy atom. The van der Waals surface area contributed by atoms with Gasteiger partial charge in [-0.25, -0.2) is 0 Å². The monoisotopic (exact) mass is 312 g/mol. The van der Waals surface area contributed by atoms with Crippen LogP contribution >= 0.6 is 34.8 Å². The Labute approximate surface area is 129 Å². The van der Waals surface area contributed by atoms with E-state index in [1.54, 1.807) is 6.07 Å². The summed E-state index contributed by atoms with van der Waals surface area (Å²) in [4.78, 5) is 0. The van der Waals surface area contributed by atoms with Gasteiger partial charge in [0.1, 0.15) is 0 Å². The second kappa shape index (κ2) is 5.75. The minimum atomic E-state index is -0.259. The van der Waals surface area contributed by atoms with Crippen LogP contribution in [-0.2, 0) is 0 Å². The summed E-state index contributed by atoms with van der Waals surface area (Å²) in [6.45, 7) is 6.24. The molecule has 0 nitrogen and oxygen atoms in total. The Morgan fingerprint density at radius 2 is 1.47 bits per heavy atom. The molecule has 3 heteroatoms. The quantitative estimate of drug-likeness (QED) is 0.575. The summed E-state index contributed by atoms with van der Waals surface area (Å²) in [6, 6.07) is 9.72. The van der Waals surface area contributed by atoms with Gasteiger partial charge in [0.25, 0.3) is 0 Å². The Hall–Kier alpha value is -0.690. The summed E-state index contributed by atoms with van der Waals surface area (Å²) in [6.07, 6.45) is 0. The summed E-state index contributed by atoms with van der Waals surface area (Å²) < 4.78 is 0. The lowest BCUT2D eigenvalue weighted by atomic mass is 9.94. The molecule has 0 aliphatic heterocycles. The van der Waals surface area contributed by atoms with Crippen molar-refractivity contribution in [3.8, 4) is 0 Å². The Bertz CT molecular complexity index is 594. The maximum Gasteiger partial charge on any atom is 0.0854 e. The van der Waals surface area contributed by atoms with Crippen LogP contribution in [0.4, 0.5) is 0 Å². The SMILES string of the molecule is Cc1cc(C)c(C(Cl)c2ccc(Cl)cc2Cl)c(C)c1. The van der Waals surface area contributed by atoms with Gasteiger partial charge in [0.2, 0.25) is 0 Å². The van der Waals surface area contributed by atoms with Gasteiger partial charge < -0.3 is 0 Å². The van der Waals surface area contributed by atoms with Crippen LogP contribution in [0, 0.1) is 20.8 Å². The van der Waals surface area contributed by atoms with Crippen LogP contribution in [0.15, 0.2) is 30.3 Å². The van der Waals surface area contributed by atoms with Crippen LogP contribution in [-0.4, -0.2) is 0 Å². The number of rotatable bonds is 2. The summed E-state index contributed by atoms with van der Waals surface area (Å²) in [5.41, 5.74) is 5.62. The van der Waals surface area contributed by atoms with Gasteiger partial charge in [-0.2, -0.15) is 0 Å². The maximum atomic E-state index is 6.62. The molecule has 100 valence electrons. The lowest BCUT2D eigenvalue weighted by molar-refractivity contribution is 1.07. The van der Waals surface area contributed by atoms with Crippen molar-refractivity contribution in [2.45, 2.75) is 26.1 Å². The summed E-state index contributed by atoms with van der Waals surface area (Å²) in [7, 11) is 0. The third-order valence-electron chi connectivity index (χ3n) is 3.23. The Balaban J connectivity index is 2.53. The molecule has 2 aromatic carbocycles. The highest BCUT2D eigenvalue weighted by molar-refractivity contribution is 6.36. The van der Waals surface area contributed by atoms with Gasteiger partial charge in [-0.05, 0) is 55.2 Å². The summed E-state index contributed by atoms with van der Waals surface area (Å²) in [5, 5.41) is 0.965. The number of halogens is 3. The molecule has 0 aliphatic carbocycles. The van der Waals surface area contributed by atoms with Crippen molar-refractivity contribution < 1.29 is 0 Å². The predicted octanol–water partition coefficient (Wildman–Crippen LogP) is 6.25. The molecule has 0 radical (unpaired) electrons. The largest absolute Gasteiger partial charge is 0.113 e. The first kappa shape index (κ1) is 14.7. The van der Waals surface area contributed by atoms with Crippen LogP contribution in [0.1, 0.15) is 33.2 Å². The zero-order valence-electron chi connectivity index (χ0n) is 11.1. The number of hydrogen-bond donors (Lipinski definition) is 0. The van der Waals surface area contributed by atoms with Gasteiger partial charge in [-0.1, -0.05) is 47.0 Å². The van der Waals surface area contributed by atoms with Gasteiger partial charge in [-0.15, -0.1) is 11.6 Å².